The SMILES string of the molecule is COC(=O)C1CN(Cc2ccc(OCCC3CCC4CC3C4(C)C)cc2)C1. The van der Waals surface area contributed by atoms with Crippen LogP contribution in [0.5, 0.6) is 5.75 Å². The number of esters is 1. The summed E-state index contributed by atoms with van der Waals surface area (Å²) in [4.78, 5) is 13.7. The molecule has 4 fully saturated rings. The molecule has 27 heavy (non-hydrogen) atoms. The van der Waals surface area contributed by atoms with E-state index in [1.165, 1.54) is 38.4 Å². The Kier molecular flexibility index (Phi) is 5.19. The second-order valence-corrected chi connectivity index (χ2v) is 9.39. The third-order valence-electron chi connectivity index (χ3n) is 7.58. The number of nitrogens with zero attached hydrogens (tertiary/aromatic N) is 1. The summed E-state index contributed by atoms with van der Waals surface area (Å²) in [6.45, 7) is 8.23. The van der Waals surface area contributed by atoms with Gasteiger partial charge in [-0.3, -0.25) is 9.69 Å². The van der Waals surface area contributed by atoms with E-state index in [2.05, 4.69) is 43.0 Å². The van der Waals surface area contributed by atoms with Crippen molar-refractivity contribution in [3.05, 3.63) is 29.8 Å². The van der Waals surface area contributed by atoms with Gasteiger partial charge >= 0.3 is 5.97 Å². The van der Waals surface area contributed by atoms with Crippen LogP contribution in [-0.2, 0) is 16.1 Å². The van der Waals surface area contributed by atoms with Crippen LogP contribution in [0.1, 0.15) is 45.1 Å². The molecule has 2 bridgehead atoms. The number of methoxy groups -OCH3 is 1. The number of carbonyl (C=O) groups excluding carboxylic acids is 1. The number of ether oxygens (including phenoxy) is 2. The van der Waals surface area contributed by atoms with Crippen LogP contribution in [0, 0.1) is 29.1 Å². The first kappa shape index (κ1) is 18.8. The predicted molar refractivity (Wildman–Crippen MR) is 105 cm³/mol. The summed E-state index contributed by atoms with van der Waals surface area (Å²) in [6, 6.07) is 8.44. The maximum absolute atomic E-state index is 11.4. The Morgan fingerprint density at radius 3 is 2.56 bits per heavy atom. The van der Waals surface area contributed by atoms with E-state index in [9.17, 15) is 4.79 Å². The number of hydrogen-bond donors (Lipinski definition) is 0. The van der Waals surface area contributed by atoms with Crippen molar-refractivity contribution >= 4 is 5.97 Å². The Hall–Kier alpha value is -1.55. The number of carbonyl (C=O) groups is 1. The van der Waals surface area contributed by atoms with Crippen molar-refractivity contribution < 1.29 is 14.3 Å². The third kappa shape index (κ3) is 3.73. The highest BCUT2D eigenvalue weighted by molar-refractivity contribution is 5.73. The largest absolute Gasteiger partial charge is 0.494 e. The molecule has 0 aromatic heterocycles. The van der Waals surface area contributed by atoms with Gasteiger partial charge in [0, 0.05) is 19.6 Å². The molecule has 0 amide bonds. The summed E-state index contributed by atoms with van der Waals surface area (Å²) in [6.07, 6.45) is 5.44. The van der Waals surface area contributed by atoms with Crippen LogP contribution in [0.4, 0.5) is 0 Å². The molecule has 1 heterocycles. The van der Waals surface area contributed by atoms with Crippen LogP contribution in [0.15, 0.2) is 24.3 Å². The van der Waals surface area contributed by atoms with E-state index < -0.39 is 0 Å². The molecule has 1 saturated heterocycles. The highest BCUT2D eigenvalue weighted by Gasteiger charge is 2.53. The van der Waals surface area contributed by atoms with Gasteiger partial charge in [-0.05, 0) is 66.5 Å². The first-order valence-electron chi connectivity index (χ1n) is 10.5. The molecular weight excluding hydrogens is 338 g/mol. The average Bonchev–Trinajstić information content (AvgIpc) is 2.65. The number of fused-ring (bicyclic) bond motifs is 2. The lowest BCUT2D eigenvalue weighted by molar-refractivity contribution is -0.151. The number of benzene rings is 1. The van der Waals surface area contributed by atoms with Gasteiger partial charge < -0.3 is 9.47 Å². The summed E-state index contributed by atoms with van der Waals surface area (Å²) in [5.74, 6) is 3.66. The molecule has 0 spiro atoms. The van der Waals surface area contributed by atoms with Crippen molar-refractivity contribution in [2.75, 3.05) is 26.8 Å². The molecule has 4 heteroatoms. The lowest BCUT2D eigenvalue weighted by atomic mass is 9.45. The molecule has 4 aliphatic rings. The van der Waals surface area contributed by atoms with Crippen molar-refractivity contribution in [2.45, 2.75) is 46.1 Å². The second kappa shape index (κ2) is 7.46. The van der Waals surface area contributed by atoms with Crippen molar-refractivity contribution in [3.63, 3.8) is 0 Å². The molecule has 1 aromatic carbocycles. The Bertz CT molecular complexity index is 661. The zero-order valence-corrected chi connectivity index (χ0v) is 16.9. The first-order chi connectivity index (χ1) is 13.0. The quantitative estimate of drug-likeness (QED) is 0.676. The van der Waals surface area contributed by atoms with Gasteiger partial charge in [0.2, 0.25) is 0 Å². The fourth-order valence-corrected chi connectivity index (χ4v) is 5.60. The monoisotopic (exact) mass is 371 g/mol. The van der Waals surface area contributed by atoms with Crippen molar-refractivity contribution in [1.82, 2.24) is 4.90 Å². The summed E-state index contributed by atoms with van der Waals surface area (Å²) in [7, 11) is 1.46. The smallest absolute Gasteiger partial charge is 0.311 e. The Balaban J connectivity index is 1.18. The Morgan fingerprint density at radius 1 is 1.19 bits per heavy atom. The van der Waals surface area contributed by atoms with Gasteiger partial charge in [-0.25, -0.2) is 0 Å². The molecule has 0 N–H and O–H groups in total. The van der Waals surface area contributed by atoms with E-state index in [0.717, 1.165) is 49.7 Å². The van der Waals surface area contributed by atoms with Gasteiger partial charge in [0.1, 0.15) is 5.75 Å². The van der Waals surface area contributed by atoms with Crippen molar-refractivity contribution in [2.24, 2.45) is 29.1 Å². The molecule has 0 radical (unpaired) electrons. The van der Waals surface area contributed by atoms with E-state index in [1.54, 1.807) is 0 Å². The van der Waals surface area contributed by atoms with Gasteiger partial charge in [0.25, 0.3) is 0 Å². The number of hydrogen-bond acceptors (Lipinski definition) is 4. The standard InChI is InChI=1S/C23H33NO3/c1-23(2)19-7-6-17(21(23)12-19)10-11-27-20-8-4-16(5-9-20)13-24-14-18(15-24)22(25)26-3/h4-5,8-9,17-19,21H,6-7,10-15H2,1-3H3. The topological polar surface area (TPSA) is 38.8 Å². The molecular formula is C23H33NO3. The maximum Gasteiger partial charge on any atom is 0.311 e. The predicted octanol–water partition coefficient (Wildman–Crippen LogP) is 4.13. The third-order valence-corrected chi connectivity index (χ3v) is 7.58. The van der Waals surface area contributed by atoms with Crippen LogP contribution in [0.3, 0.4) is 0 Å². The Morgan fingerprint density at radius 2 is 1.93 bits per heavy atom. The summed E-state index contributed by atoms with van der Waals surface area (Å²) >= 11 is 0. The Labute approximate surface area is 163 Å². The van der Waals surface area contributed by atoms with E-state index >= 15 is 0 Å². The van der Waals surface area contributed by atoms with E-state index in [-0.39, 0.29) is 11.9 Å². The van der Waals surface area contributed by atoms with Gasteiger partial charge in [-0.1, -0.05) is 26.0 Å². The molecule has 1 aliphatic heterocycles. The fraction of sp³-hybridized carbons (Fsp3) is 0.696. The van der Waals surface area contributed by atoms with E-state index in [1.807, 2.05) is 0 Å². The van der Waals surface area contributed by atoms with E-state index in [0.29, 0.717) is 5.41 Å². The minimum Gasteiger partial charge on any atom is -0.494 e. The highest BCUT2D eigenvalue weighted by atomic mass is 16.5. The zero-order chi connectivity index (χ0) is 19.0. The average molecular weight is 372 g/mol. The molecule has 148 valence electrons. The zero-order valence-electron chi connectivity index (χ0n) is 16.9. The molecule has 1 aromatic rings. The van der Waals surface area contributed by atoms with Crippen LogP contribution in [-0.4, -0.2) is 37.7 Å². The number of likely N-dealkylation sites (tertiary alicyclic amines) is 1. The minimum absolute atomic E-state index is 0.0494. The van der Waals surface area contributed by atoms with Gasteiger partial charge in [-0.15, -0.1) is 0 Å². The number of rotatable bonds is 7. The molecule has 5 rings (SSSR count). The van der Waals surface area contributed by atoms with Gasteiger partial charge in [0.05, 0.1) is 19.6 Å². The van der Waals surface area contributed by atoms with Crippen molar-refractivity contribution in [1.29, 1.82) is 0 Å². The maximum atomic E-state index is 11.4. The van der Waals surface area contributed by atoms with Gasteiger partial charge in [0.15, 0.2) is 0 Å². The summed E-state index contributed by atoms with van der Waals surface area (Å²) in [5.41, 5.74) is 1.83. The van der Waals surface area contributed by atoms with Crippen LogP contribution >= 0.6 is 0 Å². The summed E-state index contributed by atoms with van der Waals surface area (Å²) < 4.78 is 10.8. The van der Waals surface area contributed by atoms with Crippen LogP contribution in [0.2, 0.25) is 0 Å². The van der Waals surface area contributed by atoms with Gasteiger partial charge in [-0.2, -0.15) is 0 Å². The highest BCUT2D eigenvalue weighted by Crippen LogP contribution is 2.61. The molecule has 4 nitrogen and oxygen atoms in total. The minimum atomic E-state index is -0.0891. The van der Waals surface area contributed by atoms with Crippen molar-refractivity contribution in [3.8, 4) is 5.75 Å². The summed E-state index contributed by atoms with van der Waals surface area (Å²) in [5, 5.41) is 0. The molecule has 3 aliphatic carbocycles. The molecule has 3 unspecified atom stereocenters. The normalized spacial score (nSPS) is 29.5. The lowest BCUT2D eigenvalue weighted by Gasteiger charge is -2.60. The van der Waals surface area contributed by atoms with E-state index in [4.69, 9.17) is 9.47 Å². The second-order valence-electron chi connectivity index (χ2n) is 9.39. The molecule has 3 saturated carbocycles. The first-order valence-corrected chi connectivity index (χ1v) is 10.5. The molecule has 3 atom stereocenters. The fourth-order valence-electron chi connectivity index (χ4n) is 5.60. The van der Waals surface area contributed by atoms with Crippen LogP contribution in [0.25, 0.3) is 0 Å². The lowest BCUT2D eigenvalue weighted by Crippen LogP contribution is -2.52. The van der Waals surface area contributed by atoms with Crippen LogP contribution < -0.4 is 4.74 Å².